The first kappa shape index (κ1) is 12.3. The van der Waals surface area contributed by atoms with Gasteiger partial charge in [0.05, 0.1) is 5.02 Å². The van der Waals surface area contributed by atoms with E-state index >= 15 is 0 Å². The second-order valence-electron chi connectivity index (χ2n) is 4.23. The summed E-state index contributed by atoms with van der Waals surface area (Å²) in [5.74, 6) is 1.04. The number of hydrogen-bond donors (Lipinski definition) is 1. The predicted molar refractivity (Wildman–Crippen MR) is 70.3 cm³/mol. The van der Waals surface area contributed by atoms with Gasteiger partial charge in [-0.1, -0.05) is 18.5 Å². The fourth-order valence-electron chi connectivity index (χ4n) is 1.97. The third kappa shape index (κ3) is 2.28. The third-order valence-corrected chi connectivity index (χ3v) is 3.03. The lowest BCUT2D eigenvalue weighted by Gasteiger charge is -2.14. The summed E-state index contributed by atoms with van der Waals surface area (Å²) in [6.07, 6.45) is 3.63. The van der Waals surface area contributed by atoms with Gasteiger partial charge in [-0.2, -0.15) is 0 Å². The zero-order valence-corrected chi connectivity index (χ0v) is 10.9. The molecule has 5 heteroatoms. The highest BCUT2D eigenvalue weighted by atomic mass is 35.5. The van der Waals surface area contributed by atoms with Crippen molar-refractivity contribution in [2.45, 2.75) is 32.7 Å². The normalized spacial score (nSPS) is 13.2. The number of fused-ring (bicyclic) bond motifs is 1. The molecule has 2 rings (SSSR count). The fourth-order valence-corrected chi connectivity index (χ4v) is 2.13. The molecule has 0 aliphatic rings. The minimum absolute atomic E-state index is 0.204. The zero-order valence-electron chi connectivity index (χ0n) is 10.2. The van der Waals surface area contributed by atoms with Crippen LogP contribution in [0.15, 0.2) is 12.3 Å². The Labute approximate surface area is 106 Å². The smallest absolute Gasteiger partial charge is 0.160 e. The molecule has 0 aromatic carbocycles. The van der Waals surface area contributed by atoms with Crippen molar-refractivity contribution in [3.05, 3.63) is 23.1 Å². The van der Waals surface area contributed by atoms with Gasteiger partial charge in [-0.25, -0.2) is 9.97 Å². The topological polar surface area (TPSA) is 56.7 Å². The molecule has 2 heterocycles. The molecule has 0 saturated heterocycles. The van der Waals surface area contributed by atoms with E-state index in [1.165, 1.54) is 0 Å². The van der Waals surface area contributed by atoms with Gasteiger partial charge in [0.15, 0.2) is 5.65 Å². The highest BCUT2D eigenvalue weighted by molar-refractivity contribution is 6.31. The van der Waals surface area contributed by atoms with Gasteiger partial charge in [0, 0.05) is 25.2 Å². The average Bonchev–Trinajstić information content (AvgIpc) is 2.65. The quantitative estimate of drug-likeness (QED) is 0.910. The first-order valence-corrected chi connectivity index (χ1v) is 6.27. The van der Waals surface area contributed by atoms with Gasteiger partial charge < -0.3 is 10.3 Å². The number of aryl methyl sites for hydroxylation is 1. The molecule has 0 radical (unpaired) electrons. The number of aromatic nitrogens is 3. The van der Waals surface area contributed by atoms with Crippen LogP contribution in [0.3, 0.4) is 0 Å². The van der Waals surface area contributed by atoms with E-state index in [9.17, 15) is 0 Å². The summed E-state index contributed by atoms with van der Waals surface area (Å²) in [6, 6.07) is 2.05. The third-order valence-electron chi connectivity index (χ3n) is 2.83. The van der Waals surface area contributed by atoms with Gasteiger partial charge in [0.1, 0.15) is 11.3 Å². The van der Waals surface area contributed by atoms with Gasteiger partial charge in [-0.15, -0.1) is 0 Å². The summed E-state index contributed by atoms with van der Waals surface area (Å²) in [7, 11) is 0. The highest BCUT2D eigenvalue weighted by Crippen LogP contribution is 2.22. The van der Waals surface area contributed by atoms with Crippen molar-refractivity contribution in [2.75, 3.05) is 6.54 Å². The Balaban J connectivity index is 2.62. The molecule has 4 nitrogen and oxygen atoms in total. The average molecular weight is 253 g/mol. The van der Waals surface area contributed by atoms with Crippen LogP contribution in [0.25, 0.3) is 11.2 Å². The van der Waals surface area contributed by atoms with E-state index in [1.54, 1.807) is 6.20 Å². The van der Waals surface area contributed by atoms with Crippen molar-refractivity contribution in [1.82, 2.24) is 14.5 Å². The van der Waals surface area contributed by atoms with Crippen molar-refractivity contribution >= 4 is 22.8 Å². The highest BCUT2D eigenvalue weighted by Gasteiger charge is 2.15. The van der Waals surface area contributed by atoms with Crippen molar-refractivity contribution < 1.29 is 0 Å². The summed E-state index contributed by atoms with van der Waals surface area (Å²) in [5, 5.41) is 0.616. The predicted octanol–water partition coefficient (Wildman–Crippen LogP) is 2.56. The van der Waals surface area contributed by atoms with Crippen LogP contribution < -0.4 is 5.73 Å². The van der Waals surface area contributed by atoms with Crippen LogP contribution >= 0.6 is 11.6 Å². The van der Waals surface area contributed by atoms with Gasteiger partial charge in [0.25, 0.3) is 0 Å². The SMILES string of the molecule is CCCc1nc2cc(Cl)cnc2n1C(C)CN. The molecule has 0 fully saturated rings. The molecule has 1 atom stereocenters. The molecular weight excluding hydrogens is 236 g/mol. The lowest BCUT2D eigenvalue weighted by Crippen LogP contribution is -2.18. The van der Waals surface area contributed by atoms with Crippen molar-refractivity contribution in [3.8, 4) is 0 Å². The van der Waals surface area contributed by atoms with Crippen LogP contribution in [0.5, 0.6) is 0 Å². The van der Waals surface area contributed by atoms with E-state index in [-0.39, 0.29) is 6.04 Å². The molecule has 0 saturated carbocycles. The number of imidazole rings is 1. The van der Waals surface area contributed by atoms with Crippen molar-refractivity contribution in [2.24, 2.45) is 5.73 Å². The van der Waals surface area contributed by atoms with Gasteiger partial charge >= 0.3 is 0 Å². The summed E-state index contributed by atoms with van der Waals surface area (Å²) in [5.41, 5.74) is 7.47. The Bertz CT molecular complexity index is 520. The molecule has 0 aliphatic heterocycles. The molecule has 92 valence electrons. The van der Waals surface area contributed by atoms with Gasteiger partial charge in [0.2, 0.25) is 0 Å². The molecule has 2 aromatic rings. The molecule has 0 spiro atoms. The zero-order chi connectivity index (χ0) is 12.4. The van der Waals surface area contributed by atoms with Crippen molar-refractivity contribution in [3.63, 3.8) is 0 Å². The monoisotopic (exact) mass is 252 g/mol. The number of nitrogens with two attached hydrogens (primary N) is 1. The lowest BCUT2D eigenvalue weighted by atomic mass is 10.3. The van der Waals surface area contributed by atoms with E-state index in [0.29, 0.717) is 11.6 Å². The Hall–Kier alpha value is -1.13. The minimum Gasteiger partial charge on any atom is -0.328 e. The van der Waals surface area contributed by atoms with E-state index < -0.39 is 0 Å². The van der Waals surface area contributed by atoms with Crippen LogP contribution in [-0.4, -0.2) is 21.1 Å². The van der Waals surface area contributed by atoms with Crippen LogP contribution in [0, 0.1) is 0 Å². The Morgan fingerprint density at radius 2 is 2.29 bits per heavy atom. The molecule has 2 N–H and O–H groups in total. The number of halogens is 1. The molecular formula is C12H17ClN4. The Morgan fingerprint density at radius 1 is 1.53 bits per heavy atom. The molecule has 0 aliphatic carbocycles. The van der Waals surface area contributed by atoms with Crippen LogP contribution in [0.1, 0.15) is 32.1 Å². The van der Waals surface area contributed by atoms with E-state index in [1.807, 2.05) is 6.07 Å². The lowest BCUT2D eigenvalue weighted by molar-refractivity contribution is 0.541. The fraction of sp³-hybridized carbons (Fsp3) is 0.500. The second-order valence-corrected chi connectivity index (χ2v) is 4.67. The van der Waals surface area contributed by atoms with Crippen molar-refractivity contribution in [1.29, 1.82) is 0 Å². The van der Waals surface area contributed by atoms with Crippen LogP contribution in [-0.2, 0) is 6.42 Å². The largest absolute Gasteiger partial charge is 0.328 e. The summed E-state index contributed by atoms with van der Waals surface area (Å²) in [4.78, 5) is 8.96. The maximum Gasteiger partial charge on any atom is 0.160 e. The molecule has 0 bridgehead atoms. The van der Waals surface area contributed by atoms with Gasteiger partial charge in [-0.3, -0.25) is 0 Å². The first-order chi connectivity index (χ1) is 8.17. The first-order valence-electron chi connectivity index (χ1n) is 5.89. The second kappa shape index (κ2) is 5.02. The molecule has 0 amide bonds. The molecule has 17 heavy (non-hydrogen) atoms. The minimum atomic E-state index is 0.204. The standard InChI is InChI=1S/C12H17ClN4/c1-3-4-11-16-10-5-9(13)7-15-12(10)17(11)8(2)6-14/h5,7-8H,3-4,6,14H2,1-2H3. The maximum atomic E-state index is 5.93. The number of nitrogens with zero attached hydrogens (tertiary/aromatic N) is 3. The van der Waals surface area contributed by atoms with Crippen LogP contribution in [0.4, 0.5) is 0 Å². The van der Waals surface area contributed by atoms with E-state index in [2.05, 4.69) is 28.4 Å². The van der Waals surface area contributed by atoms with Gasteiger partial charge in [-0.05, 0) is 19.4 Å². The van der Waals surface area contributed by atoms with Crippen LogP contribution in [0.2, 0.25) is 5.02 Å². The van der Waals surface area contributed by atoms with E-state index in [0.717, 1.165) is 29.8 Å². The summed E-state index contributed by atoms with van der Waals surface area (Å²) >= 11 is 5.93. The molecule has 2 aromatic heterocycles. The summed E-state index contributed by atoms with van der Waals surface area (Å²) in [6.45, 7) is 4.79. The Morgan fingerprint density at radius 3 is 2.94 bits per heavy atom. The number of rotatable bonds is 4. The number of pyridine rings is 1. The molecule has 1 unspecified atom stereocenters. The Kier molecular flexibility index (Phi) is 3.64. The summed E-state index contributed by atoms with van der Waals surface area (Å²) < 4.78 is 2.12. The van der Waals surface area contributed by atoms with E-state index in [4.69, 9.17) is 17.3 Å². The number of hydrogen-bond acceptors (Lipinski definition) is 3. The maximum absolute atomic E-state index is 5.93.